The Balaban J connectivity index is 2.93. The number of sulfonamides is 1. The van der Waals surface area contributed by atoms with Crippen LogP contribution in [0, 0.1) is 0 Å². The normalized spacial score (nSPS) is 15.1. The van der Waals surface area contributed by atoms with Crippen LogP contribution in [0.5, 0.6) is 0 Å². The van der Waals surface area contributed by atoms with E-state index in [2.05, 4.69) is 24.1 Å². The van der Waals surface area contributed by atoms with Gasteiger partial charge in [0.15, 0.2) is 0 Å². The van der Waals surface area contributed by atoms with Crippen LogP contribution in [0.15, 0.2) is 23.2 Å². The molecule has 0 radical (unpaired) electrons. The summed E-state index contributed by atoms with van der Waals surface area (Å²) in [5.74, 6) is 0.653. The second-order valence-electron chi connectivity index (χ2n) is 5.24. The molecule has 3 N–H and O–H groups in total. The summed E-state index contributed by atoms with van der Waals surface area (Å²) in [6, 6.07) is 3.24. The minimum absolute atomic E-state index is 0.135. The summed E-state index contributed by atoms with van der Waals surface area (Å²) in [5, 5.41) is 3.31. The molecule has 0 aliphatic carbocycles. The number of nitrogens with zero attached hydrogens (tertiary/aromatic N) is 2. The van der Waals surface area contributed by atoms with Crippen LogP contribution in [-0.4, -0.2) is 43.9 Å². The molecule has 0 amide bonds. The summed E-state index contributed by atoms with van der Waals surface area (Å²) < 4.78 is 25.0. The van der Waals surface area contributed by atoms with Crippen LogP contribution in [0.25, 0.3) is 0 Å². The van der Waals surface area contributed by atoms with Crippen molar-refractivity contribution in [1.82, 2.24) is 9.29 Å². The Morgan fingerprint density at radius 1 is 1.40 bits per heavy atom. The molecule has 1 unspecified atom stereocenters. The number of hydrogen-bond donors (Lipinski definition) is 2. The molecule has 0 aromatic carbocycles. The molecule has 0 aliphatic heterocycles. The number of anilines is 1. The average molecular weight is 300 g/mol. The third kappa shape index (κ3) is 3.91. The number of aromatic nitrogens is 1. The molecule has 114 valence electrons. The molecule has 1 rings (SSSR count). The lowest BCUT2D eigenvalue weighted by atomic mass is 9.94. The maximum atomic E-state index is 11.9. The van der Waals surface area contributed by atoms with E-state index in [1.807, 2.05) is 0 Å². The lowest BCUT2D eigenvalue weighted by molar-refractivity contribution is 0.462. The van der Waals surface area contributed by atoms with Crippen LogP contribution in [0.1, 0.15) is 26.7 Å². The van der Waals surface area contributed by atoms with E-state index in [1.165, 1.54) is 24.6 Å². The van der Waals surface area contributed by atoms with Gasteiger partial charge >= 0.3 is 0 Å². The molecule has 1 aromatic rings. The first-order valence-corrected chi connectivity index (χ1v) is 8.06. The van der Waals surface area contributed by atoms with Crippen molar-refractivity contribution in [3.63, 3.8) is 0 Å². The van der Waals surface area contributed by atoms with Crippen molar-refractivity contribution < 1.29 is 8.42 Å². The van der Waals surface area contributed by atoms with Crippen LogP contribution >= 0.6 is 0 Å². The Morgan fingerprint density at radius 3 is 2.45 bits per heavy atom. The Bertz CT molecular complexity index is 528. The Morgan fingerprint density at radius 2 is 2.05 bits per heavy atom. The first-order valence-electron chi connectivity index (χ1n) is 6.62. The van der Waals surface area contributed by atoms with Crippen LogP contribution < -0.4 is 11.1 Å². The third-order valence-corrected chi connectivity index (χ3v) is 5.22. The summed E-state index contributed by atoms with van der Waals surface area (Å²) in [4.78, 5) is 4.37. The molecule has 0 saturated heterocycles. The molecule has 0 fully saturated rings. The molecular weight excluding hydrogens is 276 g/mol. The predicted molar refractivity (Wildman–Crippen MR) is 81.1 cm³/mol. The second-order valence-corrected chi connectivity index (χ2v) is 7.40. The van der Waals surface area contributed by atoms with Gasteiger partial charge in [-0.1, -0.05) is 6.92 Å². The van der Waals surface area contributed by atoms with E-state index in [9.17, 15) is 8.42 Å². The zero-order valence-corrected chi connectivity index (χ0v) is 13.4. The highest BCUT2D eigenvalue weighted by molar-refractivity contribution is 7.89. The minimum Gasteiger partial charge on any atom is -0.365 e. The number of hydrogen-bond acceptors (Lipinski definition) is 5. The Hall–Kier alpha value is -1.18. The van der Waals surface area contributed by atoms with Crippen LogP contribution in [0.2, 0.25) is 0 Å². The van der Waals surface area contributed by atoms with E-state index in [-0.39, 0.29) is 10.4 Å². The SMILES string of the molecule is CCC(C)(CCN)Nc1ccc(S(=O)(=O)N(C)C)cn1. The molecule has 0 bridgehead atoms. The number of rotatable bonds is 7. The smallest absolute Gasteiger partial charge is 0.244 e. The molecule has 7 heteroatoms. The van der Waals surface area contributed by atoms with Gasteiger partial charge in [0.2, 0.25) is 10.0 Å². The summed E-state index contributed by atoms with van der Waals surface area (Å²) in [7, 11) is -0.436. The molecule has 0 saturated carbocycles. The van der Waals surface area contributed by atoms with Gasteiger partial charge < -0.3 is 11.1 Å². The molecule has 1 atom stereocenters. The fraction of sp³-hybridized carbons (Fsp3) is 0.615. The Kier molecular flexibility index (Phi) is 5.50. The van der Waals surface area contributed by atoms with Crippen molar-refractivity contribution in [2.24, 2.45) is 5.73 Å². The fourth-order valence-corrected chi connectivity index (χ4v) is 2.62. The van der Waals surface area contributed by atoms with E-state index in [0.717, 1.165) is 12.8 Å². The van der Waals surface area contributed by atoms with Gasteiger partial charge in [0.1, 0.15) is 10.7 Å². The van der Waals surface area contributed by atoms with E-state index < -0.39 is 10.0 Å². The standard InChI is InChI=1S/C13H24N4O2S/c1-5-13(2,8-9-14)16-12-7-6-11(10-15-12)20(18,19)17(3)4/h6-7,10H,5,8-9,14H2,1-4H3,(H,15,16). The van der Waals surface area contributed by atoms with Crippen LogP contribution in [0.4, 0.5) is 5.82 Å². The van der Waals surface area contributed by atoms with Gasteiger partial charge in [-0.3, -0.25) is 0 Å². The van der Waals surface area contributed by atoms with Crippen molar-refractivity contribution in [3.8, 4) is 0 Å². The summed E-state index contributed by atoms with van der Waals surface area (Å²) >= 11 is 0. The quantitative estimate of drug-likeness (QED) is 0.791. The highest BCUT2D eigenvalue weighted by Gasteiger charge is 2.22. The van der Waals surface area contributed by atoms with Crippen molar-refractivity contribution >= 4 is 15.8 Å². The van der Waals surface area contributed by atoms with Crippen LogP contribution in [-0.2, 0) is 10.0 Å². The zero-order valence-electron chi connectivity index (χ0n) is 12.5. The van der Waals surface area contributed by atoms with Gasteiger partial charge in [0.25, 0.3) is 0 Å². The topological polar surface area (TPSA) is 88.3 Å². The average Bonchev–Trinajstić information content (AvgIpc) is 2.39. The highest BCUT2D eigenvalue weighted by atomic mass is 32.2. The lowest BCUT2D eigenvalue weighted by Gasteiger charge is -2.29. The third-order valence-electron chi connectivity index (χ3n) is 3.42. The molecule has 0 aliphatic rings. The first-order chi connectivity index (χ1) is 9.25. The van der Waals surface area contributed by atoms with E-state index in [4.69, 9.17) is 5.73 Å². The van der Waals surface area contributed by atoms with Gasteiger partial charge in [-0.25, -0.2) is 17.7 Å². The molecule has 0 spiro atoms. The number of nitrogens with two attached hydrogens (primary N) is 1. The maximum Gasteiger partial charge on any atom is 0.244 e. The first kappa shape index (κ1) is 16.9. The van der Waals surface area contributed by atoms with Crippen molar-refractivity contribution in [1.29, 1.82) is 0 Å². The summed E-state index contributed by atoms with van der Waals surface area (Å²) in [5.41, 5.74) is 5.48. The van der Waals surface area contributed by atoms with Gasteiger partial charge in [-0.2, -0.15) is 0 Å². The summed E-state index contributed by atoms with van der Waals surface area (Å²) in [6.07, 6.45) is 3.10. The minimum atomic E-state index is -3.43. The molecule has 6 nitrogen and oxygen atoms in total. The highest BCUT2D eigenvalue weighted by Crippen LogP contribution is 2.21. The number of nitrogens with one attached hydrogen (secondary N) is 1. The Labute approximate surface area is 121 Å². The van der Waals surface area contributed by atoms with Crippen molar-refractivity contribution in [2.45, 2.75) is 37.1 Å². The summed E-state index contributed by atoms with van der Waals surface area (Å²) in [6.45, 7) is 4.74. The van der Waals surface area contributed by atoms with E-state index in [1.54, 1.807) is 12.1 Å². The largest absolute Gasteiger partial charge is 0.365 e. The lowest BCUT2D eigenvalue weighted by Crippen LogP contribution is -2.36. The molecular formula is C13H24N4O2S. The van der Waals surface area contributed by atoms with Crippen molar-refractivity contribution in [2.75, 3.05) is 26.0 Å². The molecule has 20 heavy (non-hydrogen) atoms. The van der Waals surface area contributed by atoms with Gasteiger partial charge in [-0.15, -0.1) is 0 Å². The maximum absolute atomic E-state index is 11.9. The fourth-order valence-electron chi connectivity index (χ4n) is 1.77. The predicted octanol–water partition coefficient (Wildman–Crippen LogP) is 1.26. The monoisotopic (exact) mass is 300 g/mol. The second kappa shape index (κ2) is 6.51. The van der Waals surface area contributed by atoms with Crippen LogP contribution in [0.3, 0.4) is 0 Å². The van der Waals surface area contributed by atoms with Gasteiger partial charge in [0, 0.05) is 25.8 Å². The number of pyridine rings is 1. The van der Waals surface area contributed by atoms with E-state index >= 15 is 0 Å². The van der Waals surface area contributed by atoms with Gasteiger partial charge in [0.05, 0.1) is 0 Å². The molecule has 1 aromatic heterocycles. The van der Waals surface area contributed by atoms with E-state index in [0.29, 0.717) is 12.4 Å². The zero-order chi connectivity index (χ0) is 15.4. The van der Waals surface area contributed by atoms with Crippen molar-refractivity contribution in [3.05, 3.63) is 18.3 Å². The molecule has 1 heterocycles. The van der Waals surface area contributed by atoms with Gasteiger partial charge in [-0.05, 0) is 38.4 Å².